The second-order valence-electron chi connectivity index (χ2n) is 8.40. The molecule has 2 amide bonds. The summed E-state index contributed by atoms with van der Waals surface area (Å²) in [6.45, 7) is 3.08. The number of carbonyl (C=O) groups excluding carboxylic acids is 2. The van der Waals surface area contributed by atoms with E-state index in [0.717, 1.165) is 50.2 Å². The minimum Gasteiger partial charge on any atom is -0.342 e. The Morgan fingerprint density at radius 3 is 2.34 bits per heavy atom. The standard InChI is InChI=1S/C28H22BrClN2O2S/c1-2-20-4-3-5-24-21(17-31(26(20)24)15-18-8-12-23(30)13-9-18)14-25-27(33)32(28(34)35-25)16-19-6-10-22(29)11-7-19/h3-14,17H,2,15-16H2,1H3/b25-14-. The van der Waals surface area contributed by atoms with Crippen molar-refractivity contribution >= 4 is 67.4 Å². The minimum atomic E-state index is -0.256. The summed E-state index contributed by atoms with van der Waals surface area (Å²) in [6, 6.07) is 21.7. The zero-order valence-corrected chi connectivity index (χ0v) is 22.2. The molecular formula is C28H22BrClN2O2S. The average molecular weight is 566 g/mol. The Labute approximate surface area is 221 Å². The van der Waals surface area contributed by atoms with Crippen molar-refractivity contribution in [2.75, 3.05) is 0 Å². The predicted octanol–water partition coefficient (Wildman–Crippen LogP) is 7.90. The Hall–Kier alpha value is -2.80. The number of aromatic nitrogens is 1. The molecule has 0 radical (unpaired) electrons. The number of hydrogen-bond donors (Lipinski definition) is 0. The number of para-hydroxylation sites is 1. The lowest BCUT2D eigenvalue weighted by Gasteiger charge is -2.12. The number of amides is 2. The number of hydrogen-bond acceptors (Lipinski definition) is 3. The largest absolute Gasteiger partial charge is 0.342 e. The van der Waals surface area contributed by atoms with Gasteiger partial charge in [0.25, 0.3) is 11.1 Å². The van der Waals surface area contributed by atoms with Crippen molar-refractivity contribution < 1.29 is 9.59 Å². The lowest BCUT2D eigenvalue weighted by atomic mass is 10.1. The first kappa shape index (κ1) is 23.9. The van der Waals surface area contributed by atoms with Crippen LogP contribution < -0.4 is 0 Å². The molecule has 0 saturated carbocycles. The monoisotopic (exact) mass is 564 g/mol. The van der Waals surface area contributed by atoms with E-state index in [2.05, 4.69) is 45.8 Å². The predicted molar refractivity (Wildman–Crippen MR) is 148 cm³/mol. The van der Waals surface area contributed by atoms with Gasteiger partial charge in [-0.1, -0.05) is 76.9 Å². The molecule has 0 aliphatic carbocycles. The normalized spacial score (nSPS) is 15.1. The van der Waals surface area contributed by atoms with Gasteiger partial charge in [0.15, 0.2) is 0 Å². The molecule has 1 fully saturated rings. The molecule has 176 valence electrons. The van der Waals surface area contributed by atoms with Gasteiger partial charge >= 0.3 is 0 Å². The van der Waals surface area contributed by atoms with Crippen molar-refractivity contribution in [2.45, 2.75) is 26.4 Å². The average Bonchev–Trinajstić information content (AvgIpc) is 3.33. The minimum absolute atomic E-state index is 0.247. The summed E-state index contributed by atoms with van der Waals surface area (Å²) in [5.41, 5.74) is 5.35. The van der Waals surface area contributed by atoms with Crippen LogP contribution in [0.1, 0.15) is 29.2 Å². The molecule has 1 aliphatic heterocycles. The SMILES string of the molecule is CCc1cccc2c(/C=C3\SC(=O)N(Cc4ccc(Br)cc4)C3=O)cn(Cc3ccc(Cl)cc3)c12. The third-order valence-electron chi connectivity index (χ3n) is 6.07. The van der Waals surface area contributed by atoms with Crippen molar-refractivity contribution in [2.24, 2.45) is 0 Å². The zero-order valence-electron chi connectivity index (χ0n) is 19.0. The summed E-state index contributed by atoms with van der Waals surface area (Å²) in [5, 5.41) is 1.53. The van der Waals surface area contributed by atoms with Crippen molar-refractivity contribution in [3.05, 3.63) is 110 Å². The molecule has 5 rings (SSSR count). The molecule has 35 heavy (non-hydrogen) atoms. The number of aryl methyl sites for hydroxylation is 1. The Morgan fingerprint density at radius 1 is 0.943 bits per heavy atom. The molecule has 1 aromatic heterocycles. The van der Waals surface area contributed by atoms with Crippen molar-refractivity contribution in [3.8, 4) is 0 Å². The number of benzene rings is 3. The van der Waals surface area contributed by atoms with Crippen LogP contribution in [0, 0.1) is 0 Å². The quantitative estimate of drug-likeness (QED) is 0.223. The topological polar surface area (TPSA) is 42.3 Å². The van der Waals surface area contributed by atoms with Crippen molar-refractivity contribution in [3.63, 3.8) is 0 Å². The van der Waals surface area contributed by atoms with Crippen LogP contribution in [0.3, 0.4) is 0 Å². The van der Waals surface area contributed by atoms with Crippen molar-refractivity contribution in [1.29, 1.82) is 0 Å². The Kier molecular flexibility index (Phi) is 6.87. The first-order chi connectivity index (χ1) is 16.9. The summed E-state index contributed by atoms with van der Waals surface area (Å²) in [7, 11) is 0. The van der Waals surface area contributed by atoms with Gasteiger partial charge in [-0.3, -0.25) is 14.5 Å². The fourth-order valence-electron chi connectivity index (χ4n) is 4.33. The van der Waals surface area contributed by atoms with Crippen LogP contribution in [0.15, 0.2) is 82.3 Å². The fourth-order valence-corrected chi connectivity index (χ4v) is 5.55. The molecule has 3 aromatic carbocycles. The summed E-state index contributed by atoms with van der Waals surface area (Å²) >= 11 is 10.5. The lowest BCUT2D eigenvalue weighted by molar-refractivity contribution is -0.123. The van der Waals surface area contributed by atoms with E-state index in [-0.39, 0.29) is 17.7 Å². The molecule has 1 saturated heterocycles. The number of carbonyl (C=O) groups is 2. The van der Waals surface area contributed by atoms with E-state index >= 15 is 0 Å². The number of fused-ring (bicyclic) bond motifs is 1. The summed E-state index contributed by atoms with van der Waals surface area (Å²) in [4.78, 5) is 27.6. The first-order valence-electron chi connectivity index (χ1n) is 11.3. The van der Waals surface area contributed by atoms with Gasteiger partial charge in [0.05, 0.1) is 17.0 Å². The number of imide groups is 1. The number of nitrogens with zero attached hydrogens (tertiary/aromatic N) is 2. The highest BCUT2D eigenvalue weighted by atomic mass is 79.9. The molecule has 0 N–H and O–H groups in total. The van der Waals surface area contributed by atoms with E-state index in [1.165, 1.54) is 10.5 Å². The molecule has 2 heterocycles. The fraction of sp³-hybridized carbons (Fsp3) is 0.143. The molecule has 0 atom stereocenters. The van der Waals surface area contributed by atoms with E-state index in [0.29, 0.717) is 16.5 Å². The number of halogens is 2. The van der Waals surface area contributed by atoms with Gasteiger partial charge in [-0.15, -0.1) is 0 Å². The lowest BCUT2D eigenvalue weighted by Crippen LogP contribution is -2.27. The molecule has 7 heteroatoms. The van der Waals surface area contributed by atoms with Gasteiger partial charge in [-0.05, 0) is 65.2 Å². The highest BCUT2D eigenvalue weighted by Crippen LogP contribution is 2.36. The molecular weight excluding hydrogens is 544 g/mol. The molecule has 0 unspecified atom stereocenters. The van der Waals surface area contributed by atoms with Crippen LogP contribution in [0.4, 0.5) is 4.79 Å². The maximum absolute atomic E-state index is 13.2. The van der Waals surface area contributed by atoms with Crippen LogP contribution in [-0.2, 0) is 24.3 Å². The highest BCUT2D eigenvalue weighted by Gasteiger charge is 2.35. The van der Waals surface area contributed by atoms with Gasteiger partial charge in [0, 0.05) is 33.2 Å². The molecule has 0 bridgehead atoms. The maximum atomic E-state index is 13.2. The van der Waals surface area contributed by atoms with E-state index < -0.39 is 0 Å². The Bertz CT molecular complexity index is 1460. The van der Waals surface area contributed by atoms with E-state index in [4.69, 9.17) is 11.6 Å². The second kappa shape index (κ2) is 10.1. The maximum Gasteiger partial charge on any atom is 0.293 e. The van der Waals surface area contributed by atoms with Crippen LogP contribution in [0.5, 0.6) is 0 Å². The molecule has 4 nitrogen and oxygen atoms in total. The van der Waals surface area contributed by atoms with E-state index in [1.54, 1.807) is 0 Å². The van der Waals surface area contributed by atoms with Crippen LogP contribution in [0.2, 0.25) is 5.02 Å². The second-order valence-corrected chi connectivity index (χ2v) is 10.7. The van der Waals surface area contributed by atoms with Gasteiger partial charge in [0.1, 0.15) is 0 Å². The van der Waals surface area contributed by atoms with Crippen molar-refractivity contribution in [1.82, 2.24) is 9.47 Å². The summed E-state index contributed by atoms with van der Waals surface area (Å²) in [5.74, 6) is -0.256. The molecule has 0 spiro atoms. The van der Waals surface area contributed by atoms with E-state index in [9.17, 15) is 9.59 Å². The zero-order chi connectivity index (χ0) is 24.5. The number of rotatable bonds is 6. The smallest absolute Gasteiger partial charge is 0.293 e. The van der Waals surface area contributed by atoms with Crippen LogP contribution in [0.25, 0.3) is 17.0 Å². The van der Waals surface area contributed by atoms with E-state index in [1.807, 2.05) is 60.7 Å². The third kappa shape index (κ3) is 4.96. The summed E-state index contributed by atoms with van der Waals surface area (Å²) in [6.07, 6.45) is 4.82. The van der Waals surface area contributed by atoms with Crippen LogP contribution in [-0.4, -0.2) is 20.6 Å². The van der Waals surface area contributed by atoms with Gasteiger partial charge < -0.3 is 4.57 Å². The first-order valence-corrected chi connectivity index (χ1v) is 13.3. The van der Waals surface area contributed by atoms with Gasteiger partial charge in [-0.2, -0.15) is 0 Å². The summed E-state index contributed by atoms with van der Waals surface area (Å²) < 4.78 is 3.17. The molecule has 4 aromatic rings. The third-order valence-corrected chi connectivity index (χ3v) is 7.76. The highest BCUT2D eigenvalue weighted by molar-refractivity contribution is 9.10. The van der Waals surface area contributed by atoms with Crippen LogP contribution >= 0.6 is 39.3 Å². The van der Waals surface area contributed by atoms with Gasteiger partial charge in [0.2, 0.25) is 0 Å². The molecule has 1 aliphatic rings. The number of thioether (sulfide) groups is 1. The Balaban J connectivity index is 1.50. The Morgan fingerprint density at radius 2 is 1.63 bits per heavy atom. The van der Waals surface area contributed by atoms with Gasteiger partial charge in [-0.25, -0.2) is 0 Å².